The van der Waals surface area contributed by atoms with Gasteiger partial charge in [-0.25, -0.2) is 12.2 Å². The van der Waals surface area contributed by atoms with Crippen LogP contribution in [0.15, 0.2) is 109 Å². The molecule has 1 aliphatic carbocycles. The van der Waals surface area contributed by atoms with E-state index < -0.39 is 8.07 Å². The van der Waals surface area contributed by atoms with Gasteiger partial charge >= 0.3 is 21.1 Å². The van der Waals surface area contributed by atoms with Crippen LogP contribution < -0.4 is 15.6 Å². The Hall–Kier alpha value is -1.95. The van der Waals surface area contributed by atoms with Gasteiger partial charge in [0.25, 0.3) is 0 Å². The van der Waals surface area contributed by atoms with Crippen molar-refractivity contribution in [1.29, 1.82) is 0 Å². The minimum atomic E-state index is -2.13. The summed E-state index contributed by atoms with van der Waals surface area (Å²) in [5.74, 6) is 0. The van der Waals surface area contributed by atoms with Crippen LogP contribution in [-0.4, -0.2) is 8.07 Å². The van der Waals surface area contributed by atoms with E-state index in [1.54, 1.807) is 0 Å². The molecule has 0 spiro atoms. The van der Waals surface area contributed by atoms with Crippen molar-refractivity contribution in [1.82, 2.24) is 0 Å². The van der Waals surface area contributed by atoms with Crippen LogP contribution in [0.25, 0.3) is 0 Å². The second-order valence-electron chi connectivity index (χ2n) is 6.01. The van der Waals surface area contributed by atoms with Gasteiger partial charge < -0.3 is 21.4 Å². The van der Waals surface area contributed by atoms with Gasteiger partial charge in [-0.1, -0.05) is 107 Å². The zero-order valence-electron chi connectivity index (χ0n) is 16.6. The maximum absolute atomic E-state index is 4.72. The smallest absolute Gasteiger partial charge is 0.358 e. The predicted octanol–water partition coefficient (Wildman–Crippen LogP) is 4.73. The van der Waals surface area contributed by atoms with Crippen molar-refractivity contribution < 1.29 is 21.1 Å². The van der Waals surface area contributed by atoms with Crippen LogP contribution in [0.2, 0.25) is 0 Å². The van der Waals surface area contributed by atoms with Crippen molar-refractivity contribution in [2.45, 2.75) is 6.42 Å². The topological polar surface area (TPSA) is 0 Å². The molecule has 28 heavy (non-hydrogen) atoms. The number of rotatable bonds is 3. The van der Waals surface area contributed by atoms with Gasteiger partial charge in [-0.15, -0.1) is 6.42 Å². The third-order valence-electron chi connectivity index (χ3n) is 4.39. The van der Waals surface area contributed by atoms with E-state index in [2.05, 4.69) is 103 Å². The van der Waals surface area contributed by atoms with Crippen LogP contribution in [0.4, 0.5) is 0 Å². The van der Waals surface area contributed by atoms with Gasteiger partial charge in [0.1, 0.15) is 0 Å². The summed E-state index contributed by atoms with van der Waals surface area (Å²) in [7, 11) is -2.13. The molecule has 0 saturated carbocycles. The Morgan fingerprint density at radius 2 is 1.00 bits per heavy atom. The van der Waals surface area contributed by atoms with Crippen LogP contribution in [0.3, 0.4) is 0 Å². The molecule has 0 fully saturated rings. The fourth-order valence-electron chi connectivity index (χ4n) is 3.01. The van der Waals surface area contributed by atoms with Gasteiger partial charge in [0.2, 0.25) is 0 Å². The molecule has 0 atom stereocenters. The Balaban J connectivity index is 0.000000801. The molecule has 146 valence electrons. The summed E-state index contributed by atoms with van der Waals surface area (Å²) in [5.41, 5.74) is 0. The van der Waals surface area contributed by atoms with E-state index in [4.69, 9.17) is 6.55 Å². The number of hydrogen-bond acceptors (Lipinski definition) is 0. The summed E-state index contributed by atoms with van der Waals surface area (Å²) in [6.45, 7) is 4.72. The minimum absolute atomic E-state index is 0. The molecule has 0 aliphatic heterocycles. The van der Waals surface area contributed by atoms with Crippen LogP contribution in [0, 0.1) is 27.5 Å². The van der Waals surface area contributed by atoms with Crippen molar-refractivity contribution in [3.8, 4) is 0 Å². The molecular formula is C26H28PtSi. The Bertz CT molecular complexity index is 717. The van der Waals surface area contributed by atoms with Gasteiger partial charge in [0, 0.05) is 8.07 Å². The van der Waals surface area contributed by atoms with Gasteiger partial charge in [0.15, 0.2) is 0 Å². The Morgan fingerprint density at radius 1 is 0.643 bits per heavy atom. The van der Waals surface area contributed by atoms with Gasteiger partial charge in [-0.3, -0.25) is 6.08 Å². The molecule has 0 unspecified atom stereocenters. The molecule has 3 aromatic carbocycles. The molecule has 0 N–H and O–H groups in total. The molecule has 0 heterocycles. The Kier molecular flexibility index (Phi) is 12.3. The summed E-state index contributed by atoms with van der Waals surface area (Å²) < 4.78 is 0. The van der Waals surface area contributed by atoms with Crippen LogP contribution in [0.1, 0.15) is 6.42 Å². The van der Waals surface area contributed by atoms with Crippen molar-refractivity contribution in [3.05, 3.63) is 137 Å². The van der Waals surface area contributed by atoms with E-state index in [-0.39, 0.29) is 35.9 Å². The number of benzene rings is 3. The fourth-order valence-corrected chi connectivity index (χ4v) is 6.29. The third-order valence-corrected chi connectivity index (χ3v) is 8.34. The summed E-state index contributed by atoms with van der Waals surface area (Å²) in [6.07, 6.45) is 10.0. The molecule has 2 heteroatoms. The van der Waals surface area contributed by atoms with Crippen LogP contribution in [-0.2, 0) is 21.1 Å². The largest absolute Gasteiger partial charge is 4.00 e. The van der Waals surface area contributed by atoms with E-state index in [1.807, 2.05) is 12.2 Å². The summed E-state index contributed by atoms with van der Waals surface area (Å²) in [6, 6.07) is 32.1. The van der Waals surface area contributed by atoms with Crippen LogP contribution in [0.5, 0.6) is 0 Å². The van der Waals surface area contributed by atoms with Crippen molar-refractivity contribution in [2.75, 3.05) is 0 Å². The van der Waals surface area contributed by atoms with Crippen molar-refractivity contribution in [3.63, 3.8) is 0 Å². The Labute approximate surface area is 187 Å². The second kappa shape index (κ2) is 13.3. The second-order valence-corrected chi connectivity index (χ2v) is 9.55. The van der Waals surface area contributed by atoms with Gasteiger partial charge in [0.05, 0.1) is 0 Å². The minimum Gasteiger partial charge on any atom is -0.358 e. The summed E-state index contributed by atoms with van der Waals surface area (Å²) in [4.78, 5) is 0. The van der Waals surface area contributed by atoms with Gasteiger partial charge in [-0.2, -0.15) is 6.08 Å². The zero-order chi connectivity index (χ0) is 17.4. The predicted molar refractivity (Wildman–Crippen MR) is 124 cm³/mol. The zero-order valence-corrected chi connectivity index (χ0v) is 19.9. The standard InChI is InChI=1S/C19H17Si.C5H5.2CH3.Pt/c1-20(17-11-5-2-6-12-17,18-13-7-3-8-14-18)19-15-9-4-10-16-19;1-2-4-5-3-1;;;/h2-16H,1H2;1-3H,4H2;2*1H3;/q4*-1;+4. The van der Waals surface area contributed by atoms with E-state index in [0.29, 0.717) is 0 Å². The van der Waals surface area contributed by atoms with E-state index in [1.165, 1.54) is 15.6 Å². The molecule has 0 radical (unpaired) electrons. The Morgan fingerprint density at radius 3 is 1.21 bits per heavy atom. The first kappa shape index (κ1) is 26.0. The van der Waals surface area contributed by atoms with Crippen molar-refractivity contribution in [2.24, 2.45) is 0 Å². The number of hydrogen-bond donors (Lipinski definition) is 0. The summed E-state index contributed by atoms with van der Waals surface area (Å²) >= 11 is 0. The molecule has 0 amide bonds. The third kappa shape index (κ3) is 6.29. The fraction of sp³-hybridized carbons (Fsp3) is 0.0385. The normalized spacial score (nSPS) is 11.2. The maximum atomic E-state index is 4.72. The SMILES string of the molecule is [C-]1=CC=CC1.[CH2-][Si](c1ccccc1)(c1ccccc1)c1ccccc1.[CH3-].[CH3-].[Pt+4]. The van der Waals surface area contributed by atoms with E-state index in [9.17, 15) is 0 Å². The maximum Gasteiger partial charge on any atom is 4.00 e. The molecular weight excluding hydrogens is 535 g/mol. The molecule has 0 nitrogen and oxygen atoms in total. The average molecular weight is 564 g/mol. The van der Waals surface area contributed by atoms with Gasteiger partial charge in [-0.05, 0) is 0 Å². The number of allylic oxidation sites excluding steroid dienone is 4. The first-order chi connectivity index (χ1) is 12.3. The molecule has 0 saturated heterocycles. The first-order valence-electron chi connectivity index (χ1n) is 8.55. The first-order valence-corrected chi connectivity index (χ1v) is 10.8. The molecule has 1 aliphatic rings. The molecule has 0 bridgehead atoms. The molecule has 3 aromatic rings. The van der Waals surface area contributed by atoms with E-state index >= 15 is 0 Å². The summed E-state index contributed by atoms with van der Waals surface area (Å²) in [5, 5.41) is 4.03. The van der Waals surface area contributed by atoms with E-state index in [0.717, 1.165) is 6.42 Å². The van der Waals surface area contributed by atoms with Crippen LogP contribution >= 0.6 is 0 Å². The average Bonchev–Trinajstić information content (AvgIpc) is 3.30. The molecule has 0 aromatic heterocycles. The molecule has 4 rings (SSSR count). The monoisotopic (exact) mass is 563 g/mol. The quantitative estimate of drug-likeness (QED) is 0.246. The van der Waals surface area contributed by atoms with Crippen molar-refractivity contribution >= 4 is 23.6 Å².